The third-order valence-corrected chi connectivity index (χ3v) is 5.07. The quantitative estimate of drug-likeness (QED) is 0.391. The van der Waals surface area contributed by atoms with E-state index in [0.717, 1.165) is 41.3 Å². The molecule has 1 N–H and O–H groups in total. The molecule has 0 saturated heterocycles. The number of anilines is 1. The Hall–Kier alpha value is -2.42. The van der Waals surface area contributed by atoms with E-state index in [4.69, 9.17) is 24.8 Å². The van der Waals surface area contributed by atoms with E-state index in [2.05, 4.69) is 30.6 Å². The fourth-order valence-electron chi connectivity index (χ4n) is 3.31. The van der Waals surface area contributed by atoms with Gasteiger partial charge in [-0.25, -0.2) is 4.98 Å². The Balaban J connectivity index is 0.000000497. The number of hydrogen-bond acceptors (Lipinski definition) is 7. The van der Waals surface area contributed by atoms with E-state index >= 15 is 0 Å². The number of pyridine rings is 2. The Labute approximate surface area is 206 Å². The van der Waals surface area contributed by atoms with Crippen molar-refractivity contribution in [2.45, 2.75) is 52.0 Å². The fraction of sp³-hybridized carbons (Fsp3) is 0.364. The molecule has 8 nitrogen and oxygen atoms in total. The molecule has 3 aromatic rings. The number of carbonyl (C=O) groups excluding carboxylic acids is 2. The van der Waals surface area contributed by atoms with Crippen molar-refractivity contribution in [3.63, 3.8) is 0 Å². The van der Waals surface area contributed by atoms with Gasteiger partial charge < -0.3 is 25.1 Å². The van der Waals surface area contributed by atoms with Crippen LogP contribution in [0.1, 0.15) is 46.0 Å². The third-order valence-electron chi connectivity index (χ3n) is 4.45. The first-order valence-corrected chi connectivity index (χ1v) is 10.8. The van der Waals surface area contributed by atoms with Gasteiger partial charge in [0.1, 0.15) is 17.2 Å². The summed E-state index contributed by atoms with van der Waals surface area (Å²) in [6, 6.07) is 12.6. The molecule has 0 unspecified atom stereocenters. The van der Waals surface area contributed by atoms with Crippen molar-refractivity contribution in [1.29, 1.82) is 0 Å². The predicted octanol–water partition coefficient (Wildman–Crippen LogP) is 2.41. The number of imidazole rings is 1. The summed E-state index contributed by atoms with van der Waals surface area (Å²) in [5.74, 6) is -1.13. The van der Waals surface area contributed by atoms with Gasteiger partial charge in [0, 0.05) is 24.2 Å². The zero-order chi connectivity index (χ0) is 22.8. The van der Waals surface area contributed by atoms with Crippen molar-refractivity contribution < 1.29 is 36.9 Å². The molecule has 0 aliphatic heterocycles. The van der Waals surface area contributed by atoms with E-state index < -0.39 is 11.9 Å². The Morgan fingerprint density at radius 2 is 1.66 bits per heavy atom. The number of carboxylic acids is 2. The van der Waals surface area contributed by atoms with Crippen molar-refractivity contribution in [3.05, 3.63) is 47.2 Å². The summed E-state index contributed by atoms with van der Waals surface area (Å²) in [6.45, 7) is 1.94. The van der Waals surface area contributed by atoms with E-state index in [9.17, 15) is 0 Å². The molecular formula is C22H25BrCuN4O4. The molecular weight excluding hydrogens is 528 g/mol. The molecule has 3 heterocycles. The van der Waals surface area contributed by atoms with E-state index in [-0.39, 0.29) is 17.1 Å². The molecule has 1 fully saturated rings. The molecule has 0 spiro atoms. The molecule has 175 valence electrons. The molecule has 0 aromatic carbocycles. The summed E-state index contributed by atoms with van der Waals surface area (Å²) < 4.78 is 3.14. The van der Waals surface area contributed by atoms with Crippen molar-refractivity contribution in [2.24, 2.45) is 0 Å². The van der Waals surface area contributed by atoms with Crippen LogP contribution in [-0.4, -0.2) is 32.3 Å². The number of aliphatic carboxylic acids is 2. The predicted molar refractivity (Wildman–Crippen MR) is 118 cm³/mol. The van der Waals surface area contributed by atoms with Crippen LogP contribution in [0.2, 0.25) is 0 Å². The molecule has 1 aliphatic carbocycles. The molecule has 32 heavy (non-hydrogen) atoms. The largest absolute Gasteiger partial charge is 2.00 e. The molecule has 4 rings (SSSR count). The number of carbonyl (C=O) groups is 2. The molecule has 0 amide bonds. The standard InChI is InChI=1S/C18H19BrN4.2C2H4O2.Cu/c19-15-10-6-11-16-22-17(14-9-4-5-12-20-14)18(23(15)16)21-13-7-2-1-3-8-13;2*1-2(3)4;/h4-6,9-13,21H,1-3,7-8H2;2*1H3,(H,3,4);/q;;;+2/p-2. The monoisotopic (exact) mass is 551 g/mol. The summed E-state index contributed by atoms with van der Waals surface area (Å²) in [5.41, 5.74) is 2.75. The van der Waals surface area contributed by atoms with Crippen LogP contribution >= 0.6 is 15.9 Å². The fourth-order valence-corrected chi connectivity index (χ4v) is 3.82. The summed E-state index contributed by atoms with van der Waals surface area (Å²) >= 11 is 3.66. The Bertz CT molecular complexity index is 988. The first-order valence-electron chi connectivity index (χ1n) is 9.99. The van der Waals surface area contributed by atoms with Crippen LogP contribution in [0, 0.1) is 0 Å². The van der Waals surface area contributed by atoms with Crippen LogP contribution in [0.15, 0.2) is 47.2 Å². The first-order chi connectivity index (χ1) is 14.8. The first kappa shape index (κ1) is 27.6. The molecule has 10 heteroatoms. The summed E-state index contributed by atoms with van der Waals surface area (Å²) in [7, 11) is 0. The van der Waals surface area contributed by atoms with Gasteiger partial charge >= 0.3 is 17.1 Å². The molecule has 0 bridgehead atoms. The SMILES string of the molecule is Brc1cccc2nc(-c3ccccn3)c(NC3CCCCC3)n12.CC(=O)[O-].CC(=O)[O-].[Cu+2]. The second-order valence-corrected chi connectivity index (χ2v) is 7.84. The number of nitrogens with one attached hydrogen (secondary N) is 1. The van der Waals surface area contributed by atoms with Gasteiger partial charge in [0.15, 0.2) is 0 Å². The minimum Gasteiger partial charge on any atom is -0.550 e. The Morgan fingerprint density at radius 3 is 2.22 bits per heavy atom. The summed E-state index contributed by atoms with van der Waals surface area (Å²) in [6.07, 6.45) is 8.21. The van der Waals surface area contributed by atoms with Gasteiger partial charge in [-0.1, -0.05) is 31.4 Å². The average molecular weight is 553 g/mol. The normalized spacial score (nSPS) is 13.0. The van der Waals surface area contributed by atoms with E-state index in [1.165, 1.54) is 32.1 Å². The van der Waals surface area contributed by atoms with Gasteiger partial charge in [-0.3, -0.25) is 9.38 Å². The molecule has 1 radical (unpaired) electrons. The molecule has 1 saturated carbocycles. The van der Waals surface area contributed by atoms with E-state index in [1.54, 1.807) is 0 Å². The van der Waals surface area contributed by atoms with Crippen LogP contribution < -0.4 is 15.5 Å². The topological polar surface area (TPSA) is 122 Å². The third kappa shape index (κ3) is 8.61. The van der Waals surface area contributed by atoms with Crippen LogP contribution in [0.25, 0.3) is 17.0 Å². The number of aromatic nitrogens is 3. The minimum absolute atomic E-state index is 0. The van der Waals surface area contributed by atoms with Gasteiger partial charge in [0.05, 0.1) is 10.3 Å². The van der Waals surface area contributed by atoms with Gasteiger partial charge in [-0.05, 0) is 66.9 Å². The number of halogens is 1. The van der Waals surface area contributed by atoms with Crippen molar-refractivity contribution in [3.8, 4) is 11.4 Å². The average Bonchev–Trinajstić information content (AvgIpc) is 3.08. The van der Waals surface area contributed by atoms with Crippen LogP contribution in [0.4, 0.5) is 5.82 Å². The zero-order valence-corrected chi connectivity index (χ0v) is 20.3. The second-order valence-electron chi connectivity index (χ2n) is 7.03. The van der Waals surface area contributed by atoms with Crippen LogP contribution in [0.3, 0.4) is 0 Å². The number of rotatable bonds is 3. The number of hydrogen-bond donors (Lipinski definition) is 1. The molecule has 0 atom stereocenters. The Morgan fingerprint density at radius 1 is 1.03 bits per heavy atom. The maximum atomic E-state index is 8.89. The Kier molecular flexibility index (Phi) is 12.0. The van der Waals surface area contributed by atoms with Gasteiger partial charge in [0.2, 0.25) is 0 Å². The minimum atomic E-state index is -1.08. The zero-order valence-electron chi connectivity index (χ0n) is 17.8. The summed E-state index contributed by atoms with van der Waals surface area (Å²) in [4.78, 5) is 27.1. The number of nitrogens with zero attached hydrogens (tertiary/aromatic N) is 3. The number of fused-ring (bicyclic) bond motifs is 1. The van der Waals surface area contributed by atoms with Crippen molar-refractivity contribution in [1.82, 2.24) is 14.4 Å². The van der Waals surface area contributed by atoms with E-state index in [0.29, 0.717) is 6.04 Å². The van der Waals surface area contributed by atoms with Gasteiger partial charge in [-0.15, -0.1) is 0 Å². The maximum absolute atomic E-state index is 8.89. The van der Waals surface area contributed by atoms with Crippen LogP contribution in [-0.2, 0) is 26.7 Å². The van der Waals surface area contributed by atoms with Crippen molar-refractivity contribution >= 4 is 39.3 Å². The molecule has 1 aliphatic rings. The smallest absolute Gasteiger partial charge is 0.550 e. The number of carboxylic acid groups (broad SMARTS) is 2. The maximum Gasteiger partial charge on any atom is 2.00 e. The van der Waals surface area contributed by atoms with Gasteiger partial charge in [-0.2, -0.15) is 0 Å². The second kappa shape index (κ2) is 13.9. The van der Waals surface area contributed by atoms with Crippen LogP contribution in [0.5, 0.6) is 0 Å². The summed E-state index contributed by atoms with van der Waals surface area (Å²) in [5, 5.41) is 21.5. The van der Waals surface area contributed by atoms with E-state index in [1.807, 2.05) is 42.6 Å². The molecule has 3 aromatic heterocycles. The van der Waals surface area contributed by atoms with Crippen molar-refractivity contribution in [2.75, 3.05) is 5.32 Å². The van der Waals surface area contributed by atoms with Gasteiger partial charge in [0.25, 0.3) is 0 Å².